The molecule has 2 heterocycles. The van der Waals surface area contributed by atoms with Gasteiger partial charge in [0.25, 0.3) is 0 Å². The van der Waals surface area contributed by atoms with Crippen LogP contribution in [-0.2, 0) is 18.4 Å². The van der Waals surface area contributed by atoms with Gasteiger partial charge in [-0.15, -0.1) is 0 Å². The Labute approximate surface area is 200 Å². The molecule has 33 heavy (non-hydrogen) atoms. The summed E-state index contributed by atoms with van der Waals surface area (Å²) >= 11 is 0. The lowest BCUT2D eigenvalue weighted by molar-refractivity contribution is -0.114. The topological polar surface area (TPSA) is 91.7 Å². The third-order valence-corrected chi connectivity index (χ3v) is 16.3. The first-order valence-electron chi connectivity index (χ1n) is 11.7. The second-order valence-corrected chi connectivity index (χ2v) is 21.6. The summed E-state index contributed by atoms with van der Waals surface area (Å²) in [6.45, 7) is 24.0. The van der Waals surface area contributed by atoms with Gasteiger partial charge in [-0.1, -0.05) is 41.5 Å². The predicted molar refractivity (Wildman–Crippen MR) is 137 cm³/mol. The van der Waals surface area contributed by atoms with Crippen molar-refractivity contribution in [1.82, 2.24) is 9.55 Å². The molecule has 1 fully saturated rings. The van der Waals surface area contributed by atoms with E-state index in [0.29, 0.717) is 13.0 Å². The quantitative estimate of drug-likeness (QED) is 0.539. The molecule has 1 aromatic rings. The molecule has 1 aliphatic rings. The number of aromatic nitrogens is 2. The Morgan fingerprint density at radius 2 is 1.73 bits per heavy atom. The normalized spacial score (nSPS) is 22.5. The van der Waals surface area contributed by atoms with Gasteiger partial charge in [0, 0.05) is 19.5 Å². The molecule has 8 nitrogen and oxygen atoms in total. The van der Waals surface area contributed by atoms with Gasteiger partial charge in [0.05, 0.1) is 12.7 Å². The molecule has 0 spiro atoms. The summed E-state index contributed by atoms with van der Waals surface area (Å²) in [6, 6.07) is 1.61. The van der Waals surface area contributed by atoms with Gasteiger partial charge in [-0.05, 0) is 42.3 Å². The van der Waals surface area contributed by atoms with Crippen LogP contribution in [-0.4, -0.2) is 50.9 Å². The highest BCUT2D eigenvalue weighted by Gasteiger charge is 2.46. The van der Waals surface area contributed by atoms with Crippen LogP contribution in [0.15, 0.2) is 17.1 Å². The highest BCUT2D eigenvalue weighted by Crippen LogP contribution is 2.42. The lowest BCUT2D eigenvalue weighted by Gasteiger charge is -2.40. The Balaban J connectivity index is 2.28. The third kappa shape index (κ3) is 6.85. The van der Waals surface area contributed by atoms with E-state index in [2.05, 4.69) is 78.0 Å². The molecule has 0 aromatic carbocycles. The van der Waals surface area contributed by atoms with Gasteiger partial charge in [-0.2, -0.15) is 4.98 Å². The minimum Gasteiger partial charge on any atom is -0.414 e. The van der Waals surface area contributed by atoms with Crippen LogP contribution >= 0.6 is 0 Å². The second kappa shape index (κ2) is 9.73. The molecule has 1 amide bonds. The first-order chi connectivity index (χ1) is 14.8. The van der Waals surface area contributed by atoms with E-state index in [9.17, 15) is 9.59 Å². The standard InChI is InChI=1S/C23H43N3O5Si2/c1-16(27)24-19-12-13-26(21(28)25-19)20-14-17(31-33(10,11)23(5,6)7)18(30-20)15-29-32(8,9)22(2,3)4/h12-13,17-18,20H,14-15H2,1-11H3,(H,24,25,27,28)/t17?,18-,20-/m1/s1. The molecule has 0 aliphatic carbocycles. The van der Waals surface area contributed by atoms with Crippen molar-refractivity contribution in [3.05, 3.63) is 22.7 Å². The molecule has 188 valence electrons. The van der Waals surface area contributed by atoms with Gasteiger partial charge in [-0.3, -0.25) is 9.36 Å². The van der Waals surface area contributed by atoms with E-state index in [0.717, 1.165) is 0 Å². The molecule has 1 unspecified atom stereocenters. The summed E-state index contributed by atoms with van der Waals surface area (Å²) in [5.41, 5.74) is -0.469. The molecule has 1 aromatic heterocycles. The maximum atomic E-state index is 12.7. The fraction of sp³-hybridized carbons (Fsp3) is 0.783. The zero-order chi connectivity index (χ0) is 25.4. The minimum atomic E-state index is -2.07. The Hall–Kier alpha value is -1.34. The summed E-state index contributed by atoms with van der Waals surface area (Å²) < 4.78 is 21.1. The summed E-state index contributed by atoms with van der Waals surface area (Å²) in [7, 11) is -4.05. The average Bonchev–Trinajstić information content (AvgIpc) is 2.99. The number of amides is 1. The Morgan fingerprint density at radius 3 is 2.21 bits per heavy atom. The van der Waals surface area contributed by atoms with Crippen molar-refractivity contribution in [3.63, 3.8) is 0 Å². The maximum absolute atomic E-state index is 12.7. The minimum absolute atomic E-state index is 0.0499. The van der Waals surface area contributed by atoms with Gasteiger partial charge in [-0.25, -0.2) is 4.79 Å². The summed E-state index contributed by atoms with van der Waals surface area (Å²) in [5, 5.41) is 2.68. The number of anilines is 1. The van der Waals surface area contributed by atoms with E-state index in [1.165, 1.54) is 11.5 Å². The Kier molecular flexibility index (Phi) is 8.23. The molecule has 1 saturated heterocycles. The fourth-order valence-electron chi connectivity index (χ4n) is 3.09. The van der Waals surface area contributed by atoms with Crippen LogP contribution in [0.3, 0.4) is 0 Å². The largest absolute Gasteiger partial charge is 0.414 e. The Bertz CT molecular complexity index is 903. The lowest BCUT2D eigenvalue weighted by atomic mass is 10.2. The van der Waals surface area contributed by atoms with Crippen molar-refractivity contribution < 1.29 is 18.4 Å². The summed E-state index contributed by atoms with van der Waals surface area (Å²) in [6.07, 6.45) is 1.20. The number of nitrogens with zero attached hydrogens (tertiary/aromatic N) is 2. The SMILES string of the molecule is CC(=O)Nc1ccn([C@H]2CC(O[Si](C)(C)C(C)(C)C)[C@@H](CO[Si](C)(C)C(C)(C)C)O2)c(=O)n1. The second-order valence-electron chi connectivity index (χ2n) is 12.0. The van der Waals surface area contributed by atoms with Crippen LogP contribution in [0.5, 0.6) is 0 Å². The molecule has 1 N–H and O–H groups in total. The molecule has 10 heteroatoms. The number of ether oxygens (including phenoxy) is 1. The monoisotopic (exact) mass is 497 g/mol. The Morgan fingerprint density at radius 1 is 1.15 bits per heavy atom. The number of hydrogen-bond donors (Lipinski definition) is 1. The average molecular weight is 498 g/mol. The predicted octanol–water partition coefficient (Wildman–Crippen LogP) is 4.90. The van der Waals surface area contributed by atoms with Gasteiger partial charge in [0.1, 0.15) is 18.1 Å². The van der Waals surface area contributed by atoms with Crippen molar-refractivity contribution in [2.75, 3.05) is 11.9 Å². The molecular formula is C23H43N3O5Si2. The molecule has 1 aliphatic heterocycles. The van der Waals surface area contributed by atoms with Crippen molar-refractivity contribution in [1.29, 1.82) is 0 Å². The van der Waals surface area contributed by atoms with Crippen LogP contribution in [0.25, 0.3) is 0 Å². The van der Waals surface area contributed by atoms with E-state index in [4.69, 9.17) is 13.6 Å². The smallest absolute Gasteiger partial charge is 0.351 e. The van der Waals surface area contributed by atoms with E-state index in [1.807, 2.05) is 0 Å². The molecule has 3 atom stereocenters. The van der Waals surface area contributed by atoms with Crippen molar-refractivity contribution in [2.24, 2.45) is 0 Å². The van der Waals surface area contributed by atoms with Crippen LogP contribution in [0.2, 0.25) is 36.3 Å². The highest BCUT2D eigenvalue weighted by atomic mass is 28.4. The number of carbonyl (C=O) groups excluding carboxylic acids is 1. The molecule has 0 radical (unpaired) electrons. The number of nitrogens with one attached hydrogen (secondary N) is 1. The molecular weight excluding hydrogens is 454 g/mol. The first-order valence-corrected chi connectivity index (χ1v) is 17.5. The van der Waals surface area contributed by atoms with Crippen molar-refractivity contribution >= 4 is 28.4 Å². The first kappa shape index (κ1) is 27.9. The van der Waals surface area contributed by atoms with Gasteiger partial charge in [0.2, 0.25) is 5.91 Å². The fourth-order valence-corrected chi connectivity index (χ4v) is 5.46. The van der Waals surface area contributed by atoms with Crippen molar-refractivity contribution in [3.8, 4) is 0 Å². The van der Waals surface area contributed by atoms with Gasteiger partial charge >= 0.3 is 5.69 Å². The van der Waals surface area contributed by atoms with E-state index in [1.54, 1.807) is 12.3 Å². The van der Waals surface area contributed by atoms with Crippen LogP contribution < -0.4 is 11.0 Å². The number of rotatable bonds is 7. The zero-order valence-electron chi connectivity index (χ0n) is 22.2. The van der Waals surface area contributed by atoms with E-state index >= 15 is 0 Å². The third-order valence-electron chi connectivity index (χ3n) is 7.29. The lowest BCUT2D eigenvalue weighted by Crippen LogP contribution is -2.48. The summed E-state index contributed by atoms with van der Waals surface area (Å²) in [4.78, 5) is 27.9. The van der Waals surface area contributed by atoms with Crippen LogP contribution in [0.4, 0.5) is 5.82 Å². The van der Waals surface area contributed by atoms with Crippen LogP contribution in [0, 0.1) is 0 Å². The number of carbonyl (C=O) groups is 1. The van der Waals surface area contributed by atoms with Crippen molar-refractivity contribution in [2.45, 2.75) is 110 Å². The van der Waals surface area contributed by atoms with Gasteiger partial charge in [0.15, 0.2) is 16.6 Å². The number of hydrogen-bond acceptors (Lipinski definition) is 6. The van der Waals surface area contributed by atoms with Crippen LogP contribution in [0.1, 0.15) is 61.1 Å². The molecule has 0 saturated carbocycles. The molecule has 2 rings (SSSR count). The maximum Gasteiger partial charge on any atom is 0.351 e. The highest BCUT2D eigenvalue weighted by molar-refractivity contribution is 6.74. The summed E-state index contributed by atoms with van der Waals surface area (Å²) in [5.74, 6) is -0.0453. The van der Waals surface area contributed by atoms with Gasteiger partial charge < -0.3 is 18.9 Å². The molecule has 0 bridgehead atoms. The van der Waals surface area contributed by atoms with E-state index < -0.39 is 28.6 Å². The van der Waals surface area contributed by atoms with E-state index in [-0.39, 0.29) is 34.0 Å². The zero-order valence-corrected chi connectivity index (χ0v) is 24.2.